The Morgan fingerprint density at radius 2 is 2.18 bits per heavy atom. The quantitative estimate of drug-likeness (QED) is 0.909. The molecule has 1 N–H and O–H groups in total. The predicted octanol–water partition coefficient (Wildman–Crippen LogP) is 1.98. The second-order valence-corrected chi connectivity index (χ2v) is 3.82. The van der Waals surface area contributed by atoms with Gasteiger partial charge in [-0.05, 0) is 19.4 Å². The molecular formula is C11H18ClN5. The molecule has 0 bridgehead atoms. The maximum absolute atomic E-state index is 4.30. The average Bonchev–Trinajstić information content (AvgIpc) is 2.82. The minimum absolute atomic E-state index is 0. The predicted molar refractivity (Wildman–Crippen MR) is 70.4 cm³/mol. The average molecular weight is 256 g/mol. The van der Waals surface area contributed by atoms with Gasteiger partial charge in [0.15, 0.2) is 0 Å². The molecule has 0 saturated carbocycles. The highest BCUT2D eigenvalue weighted by molar-refractivity contribution is 5.85. The number of aromatic nitrogens is 4. The highest BCUT2D eigenvalue weighted by atomic mass is 35.5. The van der Waals surface area contributed by atoms with Gasteiger partial charge in [-0.1, -0.05) is 0 Å². The molecule has 6 heteroatoms. The fourth-order valence-corrected chi connectivity index (χ4v) is 1.69. The third-order valence-electron chi connectivity index (χ3n) is 2.61. The summed E-state index contributed by atoms with van der Waals surface area (Å²) in [5.41, 5.74) is 2.43. The summed E-state index contributed by atoms with van der Waals surface area (Å²) < 4.78 is 3.79. The van der Waals surface area contributed by atoms with Gasteiger partial charge >= 0.3 is 0 Å². The van der Waals surface area contributed by atoms with E-state index in [0.29, 0.717) is 0 Å². The number of nitrogens with one attached hydrogen (secondary N) is 1. The van der Waals surface area contributed by atoms with E-state index in [1.807, 2.05) is 30.2 Å². The normalized spacial score (nSPS) is 10.1. The van der Waals surface area contributed by atoms with E-state index in [-0.39, 0.29) is 12.4 Å². The molecule has 0 unspecified atom stereocenters. The Hall–Kier alpha value is -1.49. The minimum Gasteiger partial charge on any atom is -0.363 e. The molecule has 2 aromatic rings. The zero-order valence-corrected chi connectivity index (χ0v) is 11.2. The Bertz CT molecular complexity index is 474. The smallest absolute Gasteiger partial charge is 0.148 e. The van der Waals surface area contributed by atoms with Crippen molar-refractivity contribution in [1.82, 2.24) is 19.6 Å². The lowest BCUT2D eigenvalue weighted by molar-refractivity contribution is 0.626. The van der Waals surface area contributed by atoms with Crippen LogP contribution in [0.3, 0.4) is 0 Å². The Morgan fingerprint density at radius 3 is 2.76 bits per heavy atom. The molecule has 0 aliphatic heterocycles. The van der Waals surface area contributed by atoms with Crippen molar-refractivity contribution < 1.29 is 0 Å². The molecule has 0 aromatic carbocycles. The molecule has 2 heterocycles. The second kappa shape index (κ2) is 5.72. The fraction of sp³-hybridized carbons (Fsp3) is 0.455. The Balaban J connectivity index is 0.00000144. The third-order valence-corrected chi connectivity index (χ3v) is 2.61. The van der Waals surface area contributed by atoms with Crippen LogP contribution in [0.5, 0.6) is 0 Å². The summed E-state index contributed by atoms with van der Waals surface area (Å²) in [6.45, 7) is 5.83. The van der Waals surface area contributed by atoms with E-state index in [1.165, 1.54) is 11.3 Å². The molecule has 17 heavy (non-hydrogen) atoms. The zero-order chi connectivity index (χ0) is 11.5. The van der Waals surface area contributed by atoms with Crippen molar-refractivity contribution >= 4 is 18.2 Å². The number of hydrogen-bond acceptors (Lipinski definition) is 3. The Kier molecular flexibility index (Phi) is 4.57. The van der Waals surface area contributed by atoms with E-state index >= 15 is 0 Å². The van der Waals surface area contributed by atoms with Crippen molar-refractivity contribution in [2.24, 2.45) is 7.05 Å². The van der Waals surface area contributed by atoms with E-state index < -0.39 is 0 Å². The molecule has 0 spiro atoms. The Labute approximate surface area is 107 Å². The summed E-state index contributed by atoms with van der Waals surface area (Å²) in [6, 6.07) is 1.96. The number of aryl methyl sites for hydroxylation is 3. The molecule has 0 amide bonds. The van der Waals surface area contributed by atoms with Crippen LogP contribution >= 0.6 is 12.4 Å². The van der Waals surface area contributed by atoms with Crippen LogP contribution in [0.25, 0.3) is 0 Å². The lowest BCUT2D eigenvalue weighted by atomic mass is 10.3. The van der Waals surface area contributed by atoms with Crippen molar-refractivity contribution in [1.29, 1.82) is 0 Å². The summed E-state index contributed by atoms with van der Waals surface area (Å²) in [4.78, 5) is 0. The van der Waals surface area contributed by atoms with Crippen molar-refractivity contribution in [2.75, 3.05) is 5.32 Å². The first-order valence-corrected chi connectivity index (χ1v) is 5.45. The van der Waals surface area contributed by atoms with E-state index in [4.69, 9.17) is 0 Å². The number of anilines is 1. The highest BCUT2D eigenvalue weighted by Gasteiger charge is 2.06. The second-order valence-electron chi connectivity index (χ2n) is 3.82. The van der Waals surface area contributed by atoms with Gasteiger partial charge in [0.1, 0.15) is 5.82 Å². The summed E-state index contributed by atoms with van der Waals surface area (Å²) in [7, 11) is 1.91. The van der Waals surface area contributed by atoms with E-state index in [1.54, 1.807) is 4.68 Å². The number of hydrogen-bond donors (Lipinski definition) is 1. The van der Waals surface area contributed by atoms with Crippen LogP contribution in [0.1, 0.15) is 18.2 Å². The van der Waals surface area contributed by atoms with Crippen molar-refractivity contribution in [2.45, 2.75) is 26.9 Å². The fourth-order valence-electron chi connectivity index (χ4n) is 1.69. The molecular weight excluding hydrogens is 238 g/mol. The SMILES string of the molecule is CCn1ncc(C)c1CNc1ccn(C)n1.Cl. The van der Waals surface area contributed by atoms with Gasteiger partial charge in [0, 0.05) is 25.9 Å². The highest BCUT2D eigenvalue weighted by Crippen LogP contribution is 2.10. The topological polar surface area (TPSA) is 47.7 Å². The van der Waals surface area contributed by atoms with Crippen molar-refractivity contribution in [3.05, 3.63) is 29.7 Å². The molecule has 94 valence electrons. The van der Waals surface area contributed by atoms with Gasteiger partial charge in [-0.3, -0.25) is 9.36 Å². The molecule has 0 fully saturated rings. The Morgan fingerprint density at radius 1 is 1.41 bits per heavy atom. The molecule has 0 radical (unpaired) electrons. The van der Waals surface area contributed by atoms with Gasteiger partial charge in [0.2, 0.25) is 0 Å². The monoisotopic (exact) mass is 255 g/mol. The molecule has 0 saturated heterocycles. The number of nitrogens with zero attached hydrogens (tertiary/aromatic N) is 4. The third kappa shape index (κ3) is 3.00. The first-order chi connectivity index (χ1) is 7.70. The zero-order valence-electron chi connectivity index (χ0n) is 10.3. The van der Waals surface area contributed by atoms with Gasteiger partial charge in [0.25, 0.3) is 0 Å². The van der Waals surface area contributed by atoms with Crippen LogP contribution in [0.4, 0.5) is 5.82 Å². The molecule has 2 aromatic heterocycles. The van der Waals surface area contributed by atoms with Crippen LogP contribution in [0, 0.1) is 6.92 Å². The van der Waals surface area contributed by atoms with Crippen LogP contribution in [0.15, 0.2) is 18.5 Å². The van der Waals surface area contributed by atoms with Gasteiger partial charge in [-0.15, -0.1) is 12.4 Å². The summed E-state index contributed by atoms with van der Waals surface area (Å²) in [5.74, 6) is 0.894. The van der Waals surface area contributed by atoms with Crippen molar-refractivity contribution in [3.8, 4) is 0 Å². The van der Waals surface area contributed by atoms with Gasteiger partial charge in [0.05, 0.1) is 18.4 Å². The maximum Gasteiger partial charge on any atom is 0.148 e. The molecule has 0 atom stereocenters. The first-order valence-electron chi connectivity index (χ1n) is 5.45. The largest absolute Gasteiger partial charge is 0.363 e. The van der Waals surface area contributed by atoms with Crippen LogP contribution < -0.4 is 5.32 Å². The van der Waals surface area contributed by atoms with Crippen LogP contribution in [-0.2, 0) is 20.1 Å². The van der Waals surface area contributed by atoms with E-state index in [0.717, 1.165) is 18.9 Å². The van der Waals surface area contributed by atoms with Gasteiger partial charge < -0.3 is 5.32 Å². The number of rotatable bonds is 4. The molecule has 5 nitrogen and oxygen atoms in total. The lowest BCUT2D eigenvalue weighted by Gasteiger charge is -2.07. The summed E-state index contributed by atoms with van der Waals surface area (Å²) in [6.07, 6.45) is 3.82. The first kappa shape index (κ1) is 13.6. The lowest BCUT2D eigenvalue weighted by Crippen LogP contribution is -2.09. The number of halogens is 1. The summed E-state index contributed by atoms with van der Waals surface area (Å²) in [5, 5.41) is 11.9. The standard InChI is InChI=1S/C11H17N5.ClH/c1-4-16-10(9(2)7-13-16)8-12-11-5-6-15(3)14-11;/h5-7H,4,8H2,1-3H3,(H,12,14);1H. The summed E-state index contributed by atoms with van der Waals surface area (Å²) >= 11 is 0. The molecule has 0 aliphatic rings. The van der Waals surface area contributed by atoms with Crippen molar-refractivity contribution in [3.63, 3.8) is 0 Å². The van der Waals surface area contributed by atoms with Crippen LogP contribution in [0.2, 0.25) is 0 Å². The minimum atomic E-state index is 0. The van der Waals surface area contributed by atoms with E-state index in [2.05, 4.69) is 29.4 Å². The van der Waals surface area contributed by atoms with Gasteiger partial charge in [-0.25, -0.2) is 0 Å². The molecule has 0 aliphatic carbocycles. The molecule has 2 rings (SSSR count). The maximum atomic E-state index is 4.30. The van der Waals surface area contributed by atoms with Crippen LogP contribution in [-0.4, -0.2) is 19.6 Å². The van der Waals surface area contributed by atoms with E-state index in [9.17, 15) is 0 Å². The van der Waals surface area contributed by atoms with Gasteiger partial charge in [-0.2, -0.15) is 10.2 Å².